The van der Waals surface area contributed by atoms with Crippen molar-refractivity contribution < 1.29 is 33.3 Å². The van der Waals surface area contributed by atoms with Gasteiger partial charge in [0.25, 0.3) is 0 Å². The second-order valence-electron chi connectivity index (χ2n) is 12.2. The van der Waals surface area contributed by atoms with Gasteiger partial charge in [-0.1, -0.05) is 18.2 Å². The van der Waals surface area contributed by atoms with Crippen LogP contribution in [0.2, 0.25) is 0 Å². The van der Waals surface area contributed by atoms with Crippen molar-refractivity contribution in [1.82, 2.24) is 0 Å². The largest absolute Gasteiger partial charge is 0.456 e. The molecule has 0 aliphatic carbocycles. The molecule has 0 atom stereocenters. The number of ether oxygens (including phenoxy) is 4. The van der Waals surface area contributed by atoms with E-state index in [4.69, 9.17) is 18.9 Å². The van der Waals surface area contributed by atoms with Crippen LogP contribution in [0.5, 0.6) is 11.5 Å². The van der Waals surface area contributed by atoms with Crippen LogP contribution >= 0.6 is 0 Å². The molecule has 2 aliphatic heterocycles. The lowest BCUT2D eigenvalue weighted by molar-refractivity contribution is 0.0224. The Kier molecular flexibility index (Phi) is 6.52. The first-order valence-electron chi connectivity index (χ1n) is 13.3. The quantitative estimate of drug-likeness (QED) is 0.247. The van der Waals surface area contributed by atoms with Crippen LogP contribution in [0, 0.1) is 0 Å². The molecule has 0 saturated heterocycles. The van der Waals surface area contributed by atoms with Gasteiger partial charge in [0.2, 0.25) is 0 Å². The van der Waals surface area contributed by atoms with Crippen molar-refractivity contribution in [1.29, 1.82) is 0 Å². The van der Waals surface area contributed by atoms with Crippen molar-refractivity contribution in [2.24, 2.45) is 0 Å². The molecule has 0 aromatic heterocycles. The Balaban J connectivity index is 1.63. The summed E-state index contributed by atoms with van der Waals surface area (Å²) in [5.41, 5.74) is 0.772. The average molecular weight is 559 g/mol. The van der Waals surface area contributed by atoms with E-state index in [-0.39, 0.29) is 0 Å². The minimum atomic E-state index is -1.29. The monoisotopic (exact) mass is 558 g/mol. The van der Waals surface area contributed by atoms with Crippen LogP contribution < -0.4 is 14.5 Å². The Hall–Kier alpha value is -4.53. The van der Waals surface area contributed by atoms with Gasteiger partial charge in [0, 0.05) is 42.9 Å². The molecule has 2 heterocycles. The zero-order valence-electron chi connectivity index (χ0n) is 24.5. The third-order valence-corrected chi connectivity index (χ3v) is 6.79. The molecule has 9 heteroatoms. The summed E-state index contributed by atoms with van der Waals surface area (Å²) in [5, 5.41) is 0. The number of anilines is 2. The Labute approximate surface area is 239 Å². The molecule has 0 saturated carbocycles. The molecule has 3 aromatic rings. The van der Waals surface area contributed by atoms with Gasteiger partial charge in [-0.15, -0.1) is 0 Å². The lowest BCUT2D eigenvalue weighted by atomic mass is 9.77. The summed E-state index contributed by atoms with van der Waals surface area (Å²) < 4.78 is 23.7. The number of esters is 1. The van der Waals surface area contributed by atoms with Crippen LogP contribution in [0.4, 0.5) is 21.0 Å². The molecule has 1 spiro atoms. The van der Waals surface area contributed by atoms with Crippen LogP contribution in [-0.2, 0) is 19.8 Å². The fourth-order valence-electron chi connectivity index (χ4n) is 4.94. The third-order valence-electron chi connectivity index (χ3n) is 6.79. The van der Waals surface area contributed by atoms with Gasteiger partial charge in [-0.25, -0.2) is 14.4 Å². The zero-order valence-corrected chi connectivity index (χ0v) is 24.5. The molecule has 0 fully saturated rings. The standard InChI is InChI=1S/C32H34N2O7/c1-30(2,3)40-28(36)33(7)19-13-15-23-25(17-19)38-26-18-20(34(8)29(37)41-31(4,5)6)14-16-24(26)32(23)22-12-10-9-11-21(22)27(35)39-32/h9-18H,1-8H3. The Bertz CT molecular complexity index is 1480. The fourth-order valence-corrected chi connectivity index (χ4v) is 4.94. The summed E-state index contributed by atoms with van der Waals surface area (Å²) in [6.07, 6.45) is -1.05. The van der Waals surface area contributed by atoms with E-state index in [0.717, 1.165) is 0 Å². The smallest absolute Gasteiger partial charge is 0.414 e. The van der Waals surface area contributed by atoms with Crippen LogP contribution in [0.3, 0.4) is 0 Å². The van der Waals surface area contributed by atoms with Gasteiger partial charge in [-0.05, 0) is 71.9 Å². The Morgan fingerprint density at radius 2 is 1.17 bits per heavy atom. The van der Waals surface area contributed by atoms with E-state index in [9.17, 15) is 14.4 Å². The van der Waals surface area contributed by atoms with Crippen molar-refractivity contribution >= 4 is 29.5 Å². The Morgan fingerprint density at radius 3 is 1.63 bits per heavy atom. The molecule has 2 amide bonds. The molecule has 5 rings (SSSR count). The van der Waals surface area contributed by atoms with E-state index < -0.39 is 35.0 Å². The first-order chi connectivity index (χ1) is 19.1. The first-order valence-corrected chi connectivity index (χ1v) is 13.3. The van der Waals surface area contributed by atoms with Gasteiger partial charge < -0.3 is 18.9 Å². The predicted octanol–water partition coefficient (Wildman–Crippen LogP) is 7.00. The molecule has 9 nitrogen and oxygen atoms in total. The van der Waals surface area contributed by atoms with Crippen molar-refractivity contribution in [3.63, 3.8) is 0 Å². The summed E-state index contributed by atoms with van der Waals surface area (Å²) >= 11 is 0. The molecule has 0 N–H and O–H groups in total. The average Bonchev–Trinajstić information content (AvgIpc) is 3.18. The Morgan fingerprint density at radius 1 is 0.707 bits per heavy atom. The maximum absolute atomic E-state index is 13.2. The van der Waals surface area contributed by atoms with E-state index in [1.54, 1.807) is 104 Å². The second kappa shape index (κ2) is 9.54. The highest BCUT2D eigenvalue weighted by atomic mass is 16.6. The zero-order chi connectivity index (χ0) is 29.9. The molecule has 3 aromatic carbocycles. The van der Waals surface area contributed by atoms with Gasteiger partial charge >= 0.3 is 18.2 Å². The third kappa shape index (κ3) is 4.96. The summed E-state index contributed by atoms with van der Waals surface area (Å²) in [5.74, 6) is 0.336. The number of hydrogen-bond donors (Lipinski definition) is 0. The number of rotatable bonds is 2. The van der Waals surface area contributed by atoms with Crippen molar-refractivity contribution in [2.45, 2.75) is 58.3 Å². The van der Waals surface area contributed by atoms with Gasteiger partial charge in [-0.3, -0.25) is 9.80 Å². The second-order valence-corrected chi connectivity index (χ2v) is 12.2. The number of carbonyl (C=O) groups is 3. The summed E-state index contributed by atoms with van der Waals surface area (Å²) in [4.78, 5) is 41.5. The number of carbonyl (C=O) groups excluding carboxylic acids is 3. The molecular weight excluding hydrogens is 524 g/mol. The molecule has 2 aliphatic rings. The highest BCUT2D eigenvalue weighted by molar-refractivity contribution is 5.97. The lowest BCUT2D eigenvalue weighted by Gasteiger charge is -2.37. The molecule has 0 unspecified atom stereocenters. The topological polar surface area (TPSA) is 94.6 Å². The maximum atomic E-state index is 13.2. The predicted molar refractivity (Wildman–Crippen MR) is 154 cm³/mol. The van der Waals surface area contributed by atoms with E-state index in [1.807, 2.05) is 12.1 Å². The number of hydrogen-bond acceptors (Lipinski definition) is 7. The van der Waals surface area contributed by atoms with Crippen molar-refractivity contribution in [3.8, 4) is 11.5 Å². The van der Waals surface area contributed by atoms with Crippen molar-refractivity contribution in [2.75, 3.05) is 23.9 Å². The summed E-state index contributed by atoms with van der Waals surface area (Å²) in [6.45, 7) is 10.8. The van der Waals surface area contributed by atoms with Gasteiger partial charge in [0.15, 0.2) is 5.60 Å². The van der Waals surface area contributed by atoms with E-state index in [0.29, 0.717) is 45.1 Å². The number of benzene rings is 3. The van der Waals surface area contributed by atoms with Gasteiger partial charge in [-0.2, -0.15) is 0 Å². The molecule has 0 radical (unpaired) electrons. The fraction of sp³-hybridized carbons (Fsp3) is 0.344. The summed E-state index contributed by atoms with van der Waals surface area (Å²) in [7, 11) is 3.22. The molecule has 214 valence electrons. The minimum absolute atomic E-state index is 0.395. The van der Waals surface area contributed by atoms with E-state index in [1.165, 1.54) is 9.80 Å². The highest BCUT2D eigenvalue weighted by Crippen LogP contribution is 2.57. The van der Waals surface area contributed by atoms with Gasteiger partial charge in [0.05, 0.1) is 16.9 Å². The van der Waals surface area contributed by atoms with Crippen LogP contribution in [0.15, 0.2) is 60.7 Å². The van der Waals surface area contributed by atoms with Gasteiger partial charge in [0.1, 0.15) is 22.7 Å². The molecular formula is C32H34N2O7. The van der Waals surface area contributed by atoms with Crippen molar-refractivity contribution in [3.05, 3.63) is 82.9 Å². The van der Waals surface area contributed by atoms with E-state index in [2.05, 4.69) is 0 Å². The maximum Gasteiger partial charge on any atom is 0.414 e. The van der Waals surface area contributed by atoms with E-state index >= 15 is 0 Å². The van der Waals surface area contributed by atoms with Crippen LogP contribution in [-0.4, -0.2) is 43.5 Å². The van der Waals surface area contributed by atoms with Crippen LogP contribution in [0.25, 0.3) is 0 Å². The first kappa shape index (κ1) is 28.0. The number of fused-ring (bicyclic) bond motifs is 6. The summed E-state index contributed by atoms with van der Waals surface area (Å²) in [6, 6.07) is 17.8. The lowest BCUT2D eigenvalue weighted by Crippen LogP contribution is -2.36. The SMILES string of the molecule is CN(C(=O)OC(C)(C)C)c1ccc2c(c1)Oc1cc(N(C)C(=O)OC(C)(C)C)ccc1C21OC(=O)c2ccccc21. The molecule has 0 bridgehead atoms. The number of amides is 2. The minimum Gasteiger partial charge on any atom is -0.456 e. The highest BCUT2D eigenvalue weighted by Gasteiger charge is 2.53. The normalized spacial score (nSPS) is 14.7. The number of nitrogens with zero attached hydrogens (tertiary/aromatic N) is 2. The van der Waals surface area contributed by atoms with Crippen LogP contribution in [0.1, 0.15) is 68.6 Å². The molecule has 41 heavy (non-hydrogen) atoms.